The van der Waals surface area contributed by atoms with E-state index in [-0.39, 0.29) is 17.4 Å². The van der Waals surface area contributed by atoms with Gasteiger partial charge in [0.1, 0.15) is 0 Å². The van der Waals surface area contributed by atoms with Crippen LogP contribution in [0.2, 0.25) is 0 Å². The summed E-state index contributed by atoms with van der Waals surface area (Å²) >= 11 is 1.11. The van der Waals surface area contributed by atoms with Crippen molar-refractivity contribution in [1.29, 1.82) is 0 Å². The molecule has 1 heterocycles. The van der Waals surface area contributed by atoms with Crippen LogP contribution in [0.15, 0.2) is 29.6 Å². The molecule has 0 fully saturated rings. The van der Waals surface area contributed by atoms with Gasteiger partial charge in [-0.1, -0.05) is 11.8 Å². The molecule has 0 bridgehead atoms. The van der Waals surface area contributed by atoms with Gasteiger partial charge in [-0.2, -0.15) is 0 Å². The number of aromatic amines is 1. The van der Waals surface area contributed by atoms with E-state index in [1.807, 2.05) is 0 Å². The molecule has 23 heavy (non-hydrogen) atoms. The van der Waals surface area contributed by atoms with E-state index in [0.29, 0.717) is 22.3 Å². The van der Waals surface area contributed by atoms with Crippen LogP contribution < -0.4 is 14.8 Å². The molecule has 1 amide bonds. The van der Waals surface area contributed by atoms with Gasteiger partial charge in [0.2, 0.25) is 5.91 Å². The Kier molecular flexibility index (Phi) is 5.47. The zero-order valence-corrected chi connectivity index (χ0v) is 13.3. The highest BCUT2D eigenvalue weighted by molar-refractivity contribution is 7.99. The van der Waals surface area contributed by atoms with E-state index in [9.17, 15) is 9.59 Å². The van der Waals surface area contributed by atoms with Crippen LogP contribution in [-0.2, 0) is 4.79 Å². The van der Waals surface area contributed by atoms with Crippen molar-refractivity contribution in [3.63, 3.8) is 0 Å². The molecule has 1 aromatic heterocycles. The summed E-state index contributed by atoms with van der Waals surface area (Å²) in [5.74, 6) is -0.217. The standard InChI is InChI=1S/C14H15N3O5S/c1-21-10-4-3-8(5-11(10)22-2)16-12(18)7-23-14-15-6-9(17-14)13(19)20/h3-6H,7H2,1-2H3,(H,15,17)(H,16,18)(H,19,20). The van der Waals surface area contributed by atoms with Gasteiger partial charge >= 0.3 is 5.97 Å². The van der Waals surface area contributed by atoms with Crippen LogP contribution in [0.3, 0.4) is 0 Å². The molecule has 2 rings (SSSR count). The summed E-state index contributed by atoms with van der Waals surface area (Å²) < 4.78 is 10.3. The number of carbonyl (C=O) groups is 2. The number of aromatic nitrogens is 2. The van der Waals surface area contributed by atoms with Crippen LogP contribution in [0.1, 0.15) is 10.5 Å². The molecular formula is C14H15N3O5S. The number of hydrogen-bond acceptors (Lipinski definition) is 6. The minimum absolute atomic E-state index is 0.0842. The van der Waals surface area contributed by atoms with Crippen molar-refractivity contribution in [2.75, 3.05) is 25.3 Å². The van der Waals surface area contributed by atoms with Gasteiger partial charge in [0.15, 0.2) is 22.3 Å². The number of aromatic carboxylic acids is 1. The van der Waals surface area contributed by atoms with Crippen LogP contribution in [0.25, 0.3) is 0 Å². The van der Waals surface area contributed by atoms with Gasteiger partial charge in [-0.05, 0) is 12.1 Å². The molecule has 3 N–H and O–H groups in total. The minimum atomic E-state index is -1.12. The maximum absolute atomic E-state index is 11.9. The van der Waals surface area contributed by atoms with Gasteiger partial charge in [-0.25, -0.2) is 9.78 Å². The summed E-state index contributed by atoms with van der Waals surface area (Å²) in [6.45, 7) is 0. The zero-order chi connectivity index (χ0) is 16.8. The van der Waals surface area contributed by atoms with Gasteiger partial charge in [0.05, 0.1) is 20.0 Å². The fourth-order valence-corrected chi connectivity index (χ4v) is 2.38. The Balaban J connectivity index is 1.92. The monoisotopic (exact) mass is 337 g/mol. The number of amides is 1. The minimum Gasteiger partial charge on any atom is -0.493 e. The van der Waals surface area contributed by atoms with Crippen molar-refractivity contribution >= 4 is 29.3 Å². The second-order valence-electron chi connectivity index (χ2n) is 4.30. The van der Waals surface area contributed by atoms with Gasteiger partial charge in [0.25, 0.3) is 0 Å². The molecular weight excluding hydrogens is 322 g/mol. The largest absolute Gasteiger partial charge is 0.493 e. The van der Waals surface area contributed by atoms with Crippen LogP contribution in [-0.4, -0.2) is 46.9 Å². The van der Waals surface area contributed by atoms with Gasteiger partial charge < -0.3 is 24.9 Å². The summed E-state index contributed by atoms with van der Waals surface area (Å²) in [6, 6.07) is 5.03. The van der Waals surface area contributed by atoms with Crippen molar-refractivity contribution in [2.24, 2.45) is 0 Å². The number of methoxy groups -OCH3 is 2. The number of rotatable bonds is 7. The summed E-state index contributed by atoms with van der Waals surface area (Å²) in [7, 11) is 3.04. The van der Waals surface area contributed by atoms with E-state index in [2.05, 4.69) is 15.3 Å². The lowest BCUT2D eigenvalue weighted by molar-refractivity contribution is -0.113. The number of nitrogens with one attached hydrogen (secondary N) is 2. The Morgan fingerprint density at radius 1 is 1.30 bits per heavy atom. The molecule has 0 aliphatic rings. The number of carboxylic acids is 1. The molecule has 0 atom stereocenters. The topological polar surface area (TPSA) is 114 Å². The normalized spacial score (nSPS) is 10.2. The second-order valence-corrected chi connectivity index (χ2v) is 5.27. The van der Waals surface area contributed by atoms with Gasteiger partial charge in [-0.3, -0.25) is 4.79 Å². The van der Waals surface area contributed by atoms with Crippen molar-refractivity contribution in [2.45, 2.75) is 5.16 Å². The Morgan fingerprint density at radius 2 is 2.04 bits per heavy atom. The van der Waals surface area contributed by atoms with Crippen molar-refractivity contribution < 1.29 is 24.2 Å². The first-order chi connectivity index (χ1) is 11.0. The first kappa shape index (κ1) is 16.7. The third kappa shape index (κ3) is 4.39. The molecule has 0 unspecified atom stereocenters. The quantitative estimate of drug-likeness (QED) is 0.661. The first-order valence-electron chi connectivity index (χ1n) is 6.47. The fourth-order valence-electron chi connectivity index (χ4n) is 1.73. The molecule has 0 saturated carbocycles. The molecule has 0 aliphatic carbocycles. The molecule has 2 aromatic rings. The number of nitrogens with zero attached hydrogens (tertiary/aromatic N) is 1. The molecule has 0 radical (unpaired) electrons. The third-order valence-electron chi connectivity index (χ3n) is 2.78. The molecule has 0 saturated heterocycles. The maximum Gasteiger partial charge on any atom is 0.356 e. The number of thioether (sulfide) groups is 1. The average Bonchev–Trinajstić information content (AvgIpc) is 3.02. The summed E-state index contributed by atoms with van der Waals surface area (Å²) in [6.07, 6.45) is 1.27. The summed E-state index contributed by atoms with van der Waals surface area (Å²) in [5.41, 5.74) is 0.478. The fraction of sp³-hybridized carbons (Fsp3) is 0.214. The SMILES string of the molecule is COc1ccc(NC(=O)CSc2nc(C(=O)O)c[nH]2)cc1OC. The Morgan fingerprint density at radius 3 is 2.65 bits per heavy atom. The molecule has 122 valence electrons. The average molecular weight is 337 g/mol. The Bertz CT molecular complexity index is 716. The number of benzene rings is 1. The van der Waals surface area contributed by atoms with Gasteiger partial charge in [-0.15, -0.1) is 0 Å². The third-order valence-corrected chi connectivity index (χ3v) is 3.67. The number of anilines is 1. The maximum atomic E-state index is 11.9. The first-order valence-corrected chi connectivity index (χ1v) is 7.45. The summed E-state index contributed by atoms with van der Waals surface area (Å²) in [4.78, 5) is 29.2. The van der Waals surface area contributed by atoms with Crippen LogP contribution >= 0.6 is 11.8 Å². The van der Waals surface area contributed by atoms with Crippen molar-refractivity contribution in [1.82, 2.24) is 9.97 Å². The number of carbonyl (C=O) groups excluding carboxylic acids is 1. The van der Waals surface area contributed by atoms with Crippen molar-refractivity contribution in [3.05, 3.63) is 30.1 Å². The van der Waals surface area contributed by atoms with Crippen LogP contribution in [0, 0.1) is 0 Å². The second kappa shape index (κ2) is 7.54. The lowest BCUT2D eigenvalue weighted by atomic mass is 10.2. The predicted octanol–water partition coefficient (Wildman–Crippen LogP) is 1.86. The van der Waals surface area contributed by atoms with E-state index in [0.717, 1.165) is 11.8 Å². The summed E-state index contributed by atoms with van der Waals surface area (Å²) in [5, 5.41) is 11.8. The number of H-pyrrole nitrogens is 1. The lowest BCUT2D eigenvalue weighted by Crippen LogP contribution is -2.14. The van der Waals surface area contributed by atoms with E-state index in [1.54, 1.807) is 18.2 Å². The van der Waals surface area contributed by atoms with Gasteiger partial charge in [0, 0.05) is 18.0 Å². The van der Waals surface area contributed by atoms with Crippen LogP contribution in [0.4, 0.5) is 5.69 Å². The molecule has 8 nitrogen and oxygen atoms in total. The highest BCUT2D eigenvalue weighted by Crippen LogP contribution is 2.29. The number of ether oxygens (including phenoxy) is 2. The Hall–Kier alpha value is -2.68. The molecule has 9 heteroatoms. The number of imidazole rings is 1. The van der Waals surface area contributed by atoms with E-state index in [4.69, 9.17) is 14.6 Å². The Labute approximate surface area is 136 Å². The highest BCUT2D eigenvalue weighted by Gasteiger charge is 2.11. The van der Waals surface area contributed by atoms with Crippen molar-refractivity contribution in [3.8, 4) is 11.5 Å². The molecule has 0 aliphatic heterocycles. The number of hydrogen-bond donors (Lipinski definition) is 3. The number of carboxylic acid groups (broad SMARTS) is 1. The molecule has 0 spiro atoms. The molecule has 1 aromatic carbocycles. The zero-order valence-electron chi connectivity index (χ0n) is 12.5. The van der Waals surface area contributed by atoms with E-state index in [1.165, 1.54) is 20.4 Å². The van der Waals surface area contributed by atoms with Crippen LogP contribution in [0.5, 0.6) is 11.5 Å². The predicted molar refractivity (Wildman–Crippen MR) is 84.4 cm³/mol. The van der Waals surface area contributed by atoms with E-state index >= 15 is 0 Å². The van der Waals surface area contributed by atoms with E-state index < -0.39 is 5.97 Å². The smallest absolute Gasteiger partial charge is 0.356 e. The highest BCUT2D eigenvalue weighted by atomic mass is 32.2. The lowest BCUT2D eigenvalue weighted by Gasteiger charge is -2.10.